The molecule has 0 radical (unpaired) electrons. The number of hydrogen-bond donors (Lipinski definition) is 1. The standard InChI is InChI=1S/C14H22N4O2.ClH/c1-2-5-11(19)18-9-3-6-10(18)12-16-13(17-20-12)14(15)7-4-8-14;/h10H,2-9,15H2,1H3;1H. The molecule has 21 heavy (non-hydrogen) atoms. The second-order valence-electron chi connectivity index (χ2n) is 5.96. The van der Waals surface area contributed by atoms with Gasteiger partial charge in [-0.1, -0.05) is 12.1 Å². The monoisotopic (exact) mass is 314 g/mol. The van der Waals surface area contributed by atoms with Crippen LogP contribution in [0.2, 0.25) is 0 Å². The average Bonchev–Trinajstić information content (AvgIpc) is 3.04. The Morgan fingerprint density at radius 2 is 2.24 bits per heavy atom. The molecule has 118 valence electrons. The van der Waals surface area contributed by atoms with Crippen molar-refractivity contribution in [2.45, 2.75) is 63.5 Å². The molecule has 1 amide bonds. The summed E-state index contributed by atoms with van der Waals surface area (Å²) in [4.78, 5) is 18.5. The molecule has 3 rings (SSSR count). The Labute approximate surface area is 130 Å². The number of likely N-dealkylation sites (tertiary alicyclic amines) is 1. The normalized spacial score (nSPS) is 23.5. The molecule has 1 aromatic heterocycles. The van der Waals surface area contributed by atoms with Gasteiger partial charge in [0.1, 0.15) is 6.04 Å². The molecule has 0 bridgehead atoms. The maximum atomic E-state index is 12.1. The fourth-order valence-electron chi connectivity index (χ4n) is 3.03. The molecule has 1 aliphatic carbocycles. The zero-order valence-corrected chi connectivity index (χ0v) is 13.2. The highest BCUT2D eigenvalue weighted by Crippen LogP contribution is 2.38. The van der Waals surface area contributed by atoms with Gasteiger partial charge in [0, 0.05) is 13.0 Å². The lowest BCUT2D eigenvalue weighted by Gasteiger charge is -2.34. The van der Waals surface area contributed by atoms with Gasteiger partial charge < -0.3 is 15.2 Å². The molecule has 1 saturated carbocycles. The highest BCUT2D eigenvalue weighted by molar-refractivity contribution is 5.85. The van der Waals surface area contributed by atoms with E-state index in [9.17, 15) is 4.79 Å². The van der Waals surface area contributed by atoms with Crippen molar-refractivity contribution in [1.82, 2.24) is 15.0 Å². The van der Waals surface area contributed by atoms with Crippen molar-refractivity contribution >= 4 is 18.3 Å². The first-order valence-electron chi connectivity index (χ1n) is 7.56. The number of hydrogen-bond acceptors (Lipinski definition) is 5. The molecular formula is C14H23ClN4O2. The van der Waals surface area contributed by atoms with Crippen LogP contribution in [0.4, 0.5) is 0 Å². The van der Waals surface area contributed by atoms with E-state index < -0.39 is 5.54 Å². The Bertz CT molecular complexity index is 501. The molecule has 0 aromatic carbocycles. The van der Waals surface area contributed by atoms with Crippen LogP contribution in [0.1, 0.15) is 69.6 Å². The van der Waals surface area contributed by atoms with Gasteiger partial charge in [0.15, 0.2) is 5.82 Å². The largest absolute Gasteiger partial charge is 0.337 e. The van der Waals surface area contributed by atoms with Gasteiger partial charge in [-0.25, -0.2) is 0 Å². The maximum Gasteiger partial charge on any atom is 0.249 e. The molecule has 0 spiro atoms. The summed E-state index contributed by atoms with van der Waals surface area (Å²) in [6.07, 6.45) is 6.27. The molecule has 1 aromatic rings. The first kappa shape index (κ1) is 16.2. The van der Waals surface area contributed by atoms with E-state index in [0.29, 0.717) is 18.1 Å². The summed E-state index contributed by atoms with van der Waals surface area (Å²) in [5, 5.41) is 4.05. The summed E-state index contributed by atoms with van der Waals surface area (Å²) in [6.45, 7) is 2.80. The molecule has 1 unspecified atom stereocenters. The number of carbonyl (C=O) groups excluding carboxylic acids is 1. The summed E-state index contributed by atoms with van der Waals surface area (Å²) in [6, 6.07) is -0.0565. The molecule has 1 aliphatic heterocycles. The zero-order chi connectivity index (χ0) is 14.2. The van der Waals surface area contributed by atoms with Gasteiger partial charge in [0.2, 0.25) is 11.8 Å². The van der Waals surface area contributed by atoms with Crippen molar-refractivity contribution in [3.05, 3.63) is 11.7 Å². The van der Waals surface area contributed by atoms with Gasteiger partial charge in [0.05, 0.1) is 5.54 Å². The van der Waals surface area contributed by atoms with Crippen LogP contribution in [0, 0.1) is 0 Å². The predicted octanol–water partition coefficient (Wildman–Crippen LogP) is 2.29. The number of carbonyl (C=O) groups is 1. The Morgan fingerprint density at radius 1 is 1.48 bits per heavy atom. The lowest BCUT2D eigenvalue weighted by Crippen LogP contribution is -2.44. The first-order chi connectivity index (χ1) is 9.64. The Morgan fingerprint density at radius 3 is 2.86 bits per heavy atom. The van der Waals surface area contributed by atoms with Crippen LogP contribution < -0.4 is 5.73 Å². The lowest BCUT2D eigenvalue weighted by atomic mass is 9.77. The van der Waals surface area contributed by atoms with Crippen LogP contribution in [-0.4, -0.2) is 27.5 Å². The third kappa shape index (κ3) is 2.92. The van der Waals surface area contributed by atoms with Gasteiger partial charge >= 0.3 is 0 Å². The minimum atomic E-state index is -0.404. The Balaban J connectivity index is 0.00000161. The molecule has 1 atom stereocenters. The van der Waals surface area contributed by atoms with Crippen LogP contribution in [0.3, 0.4) is 0 Å². The van der Waals surface area contributed by atoms with Gasteiger partial charge in [-0.3, -0.25) is 4.79 Å². The second kappa shape index (κ2) is 6.32. The van der Waals surface area contributed by atoms with E-state index in [0.717, 1.165) is 45.1 Å². The van der Waals surface area contributed by atoms with E-state index >= 15 is 0 Å². The van der Waals surface area contributed by atoms with Crippen molar-refractivity contribution < 1.29 is 9.32 Å². The number of amides is 1. The summed E-state index contributed by atoms with van der Waals surface area (Å²) in [5.41, 5.74) is 5.81. The predicted molar refractivity (Wildman–Crippen MR) is 79.9 cm³/mol. The summed E-state index contributed by atoms with van der Waals surface area (Å²) in [7, 11) is 0. The van der Waals surface area contributed by atoms with Crippen molar-refractivity contribution in [1.29, 1.82) is 0 Å². The maximum absolute atomic E-state index is 12.1. The fraction of sp³-hybridized carbons (Fsp3) is 0.786. The van der Waals surface area contributed by atoms with Gasteiger partial charge in [-0.15, -0.1) is 12.4 Å². The van der Waals surface area contributed by atoms with E-state index in [1.165, 1.54) is 0 Å². The molecule has 2 heterocycles. The second-order valence-corrected chi connectivity index (χ2v) is 5.96. The smallest absolute Gasteiger partial charge is 0.249 e. The molecule has 2 N–H and O–H groups in total. The Kier molecular flexibility index (Phi) is 4.88. The summed E-state index contributed by atoms with van der Waals surface area (Å²) >= 11 is 0. The van der Waals surface area contributed by atoms with Gasteiger partial charge in [-0.05, 0) is 38.5 Å². The van der Waals surface area contributed by atoms with Crippen molar-refractivity contribution in [3.63, 3.8) is 0 Å². The molecule has 2 aliphatic rings. The molecule has 6 nitrogen and oxygen atoms in total. The van der Waals surface area contributed by atoms with Crippen molar-refractivity contribution in [3.8, 4) is 0 Å². The van der Waals surface area contributed by atoms with E-state index in [-0.39, 0.29) is 24.4 Å². The lowest BCUT2D eigenvalue weighted by molar-refractivity contribution is -0.132. The van der Waals surface area contributed by atoms with E-state index in [4.69, 9.17) is 10.3 Å². The molecule has 1 saturated heterocycles. The summed E-state index contributed by atoms with van der Waals surface area (Å²) < 4.78 is 5.39. The van der Waals surface area contributed by atoms with E-state index in [2.05, 4.69) is 10.1 Å². The van der Waals surface area contributed by atoms with Gasteiger partial charge in [-0.2, -0.15) is 4.98 Å². The van der Waals surface area contributed by atoms with Crippen LogP contribution in [0.25, 0.3) is 0 Å². The van der Waals surface area contributed by atoms with Crippen molar-refractivity contribution in [2.75, 3.05) is 6.54 Å². The SMILES string of the molecule is CCCC(=O)N1CCCC1c1nc(C2(N)CCC2)no1.Cl. The Hall–Kier alpha value is -1.14. The van der Waals surface area contributed by atoms with Crippen LogP contribution in [0.5, 0.6) is 0 Å². The highest BCUT2D eigenvalue weighted by atomic mass is 35.5. The summed E-state index contributed by atoms with van der Waals surface area (Å²) in [5.74, 6) is 1.34. The van der Waals surface area contributed by atoms with E-state index in [1.807, 2.05) is 11.8 Å². The van der Waals surface area contributed by atoms with Crippen LogP contribution in [-0.2, 0) is 10.3 Å². The fourth-order valence-corrected chi connectivity index (χ4v) is 3.03. The number of rotatable bonds is 4. The number of nitrogens with zero attached hydrogens (tertiary/aromatic N) is 3. The average molecular weight is 315 g/mol. The molecule has 7 heteroatoms. The number of nitrogens with two attached hydrogens (primary N) is 1. The topological polar surface area (TPSA) is 85.2 Å². The molecule has 2 fully saturated rings. The quantitative estimate of drug-likeness (QED) is 0.921. The third-order valence-corrected chi connectivity index (χ3v) is 4.45. The van der Waals surface area contributed by atoms with E-state index in [1.54, 1.807) is 0 Å². The third-order valence-electron chi connectivity index (χ3n) is 4.45. The number of halogens is 1. The van der Waals surface area contributed by atoms with Crippen LogP contribution in [0.15, 0.2) is 4.52 Å². The highest BCUT2D eigenvalue weighted by Gasteiger charge is 2.41. The zero-order valence-electron chi connectivity index (χ0n) is 12.4. The molecular weight excluding hydrogens is 292 g/mol. The van der Waals surface area contributed by atoms with Crippen LogP contribution >= 0.6 is 12.4 Å². The minimum Gasteiger partial charge on any atom is -0.337 e. The van der Waals surface area contributed by atoms with Gasteiger partial charge in [0.25, 0.3) is 0 Å². The minimum absolute atomic E-state index is 0. The van der Waals surface area contributed by atoms with Crippen molar-refractivity contribution in [2.24, 2.45) is 5.73 Å². The number of aromatic nitrogens is 2. The first-order valence-corrected chi connectivity index (χ1v) is 7.56.